The molecule has 0 spiro atoms. The van der Waals surface area contributed by atoms with Crippen molar-refractivity contribution in [2.75, 3.05) is 7.11 Å². The number of benzene rings is 1. The highest BCUT2D eigenvalue weighted by Crippen LogP contribution is 2.47. The van der Waals surface area contributed by atoms with E-state index in [4.69, 9.17) is 9.72 Å². The minimum Gasteiger partial charge on any atom is -0.494 e. The van der Waals surface area contributed by atoms with Gasteiger partial charge in [0.25, 0.3) is 0 Å². The van der Waals surface area contributed by atoms with Crippen molar-refractivity contribution in [3.8, 4) is 17.0 Å². The molecule has 2 atom stereocenters. The van der Waals surface area contributed by atoms with Crippen molar-refractivity contribution in [1.82, 2.24) is 15.0 Å². The number of imidazole rings is 1. The lowest BCUT2D eigenvalue weighted by Crippen LogP contribution is -2.13. The highest BCUT2D eigenvalue weighted by Gasteiger charge is 2.37. The summed E-state index contributed by atoms with van der Waals surface area (Å²) in [6.07, 6.45) is 5.45. The second kappa shape index (κ2) is 6.95. The number of methoxy groups -OCH3 is 1. The summed E-state index contributed by atoms with van der Waals surface area (Å²) in [4.78, 5) is 13.0. The van der Waals surface area contributed by atoms with Gasteiger partial charge in [-0.3, -0.25) is 4.98 Å². The van der Waals surface area contributed by atoms with Gasteiger partial charge < -0.3 is 9.72 Å². The lowest BCUT2D eigenvalue weighted by molar-refractivity contribution is 0.386. The van der Waals surface area contributed by atoms with E-state index >= 15 is 0 Å². The highest BCUT2D eigenvalue weighted by molar-refractivity contribution is 5.90. The quantitative estimate of drug-likeness (QED) is 0.615. The number of pyridine rings is 1. The first-order chi connectivity index (χ1) is 13.0. The summed E-state index contributed by atoms with van der Waals surface area (Å²) in [6.45, 7) is 6.48. The zero-order valence-electron chi connectivity index (χ0n) is 16.3. The fourth-order valence-electron chi connectivity index (χ4n) is 4.04. The predicted molar refractivity (Wildman–Crippen MR) is 105 cm³/mol. The number of halogens is 1. The zero-order chi connectivity index (χ0) is 19.1. The van der Waals surface area contributed by atoms with Crippen LogP contribution in [0.2, 0.25) is 0 Å². The van der Waals surface area contributed by atoms with Crippen molar-refractivity contribution in [1.29, 1.82) is 0 Å². The first-order valence-corrected chi connectivity index (χ1v) is 9.72. The summed E-state index contributed by atoms with van der Waals surface area (Å²) < 4.78 is 19.4. The normalized spacial score (nSPS) is 16.5. The SMILES string of the molecule is CCC(C)C(c1nc2c(-c3cc(F)c(OC)cc3C)nccc2[nH]1)C1CC1. The van der Waals surface area contributed by atoms with Crippen LogP contribution >= 0.6 is 0 Å². The molecular formula is C22H26FN3O. The third-order valence-electron chi connectivity index (χ3n) is 5.88. The van der Waals surface area contributed by atoms with Crippen molar-refractivity contribution in [2.24, 2.45) is 11.8 Å². The number of ether oxygens (including phenoxy) is 1. The van der Waals surface area contributed by atoms with Crippen LogP contribution in [0.15, 0.2) is 24.4 Å². The number of aromatic nitrogens is 3. The molecule has 2 unspecified atom stereocenters. The van der Waals surface area contributed by atoms with Crippen LogP contribution in [0.1, 0.15) is 50.4 Å². The summed E-state index contributed by atoms with van der Waals surface area (Å²) >= 11 is 0. The van der Waals surface area contributed by atoms with Crippen molar-refractivity contribution in [3.05, 3.63) is 41.6 Å². The first kappa shape index (κ1) is 18.0. The van der Waals surface area contributed by atoms with E-state index in [1.54, 1.807) is 12.3 Å². The van der Waals surface area contributed by atoms with E-state index in [1.807, 2.05) is 13.0 Å². The number of aromatic amines is 1. The van der Waals surface area contributed by atoms with Crippen molar-refractivity contribution < 1.29 is 9.13 Å². The molecule has 0 radical (unpaired) electrons. The van der Waals surface area contributed by atoms with Gasteiger partial charge in [-0.2, -0.15) is 0 Å². The molecule has 1 fully saturated rings. The second-order valence-electron chi connectivity index (χ2n) is 7.73. The Morgan fingerprint density at radius 3 is 2.78 bits per heavy atom. The van der Waals surface area contributed by atoms with E-state index in [0.717, 1.165) is 40.3 Å². The van der Waals surface area contributed by atoms with Gasteiger partial charge in [0.15, 0.2) is 11.6 Å². The number of nitrogens with zero attached hydrogens (tertiary/aromatic N) is 2. The Labute approximate surface area is 159 Å². The molecule has 27 heavy (non-hydrogen) atoms. The number of hydrogen-bond acceptors (Lipinski definition) is 3. The van der Waals surface area contributed by atoms with Crippen LogP contribution in [0.3, 0.4) is 0 Å². The zero-order valence-corrected chi connectivity index (χ0v) is 16.3. The van der Waals surface area contributed by atoms with E-state index in [9.17, 15) is 4.39 Å². The summed E-state index contributed by atoms with van der Waals surface area (Å²) in [5.41, 5.74) is 4.16. The van der Waals surface area contributed by atoms with Crippen LogP contribution in [0.25, 0.3) is 22.3 Å². The average molecular weight is 367 g/mol. The Balaban J connectivity index is 1.84. The minimum atomic E-state index is -0.386. The maximum atomic E-state index is 14.3. The molecule has 2 heterocycles. The average Bonchev–Trinajstić information content (AvgIpc) is 3.40. The van der Waals surface area contributed by atoms with Gasteiger partial charge in [-0.1, -0.05) is 20.3 Å². The van der Waals surface area contributed by atoms with Gasteiger partial charge in [-0.15, -0.1) is 0 Å². The molecule has 4 rings (SSSR count). The molecule has 142 valence electrons. The van der Waals surface area contributed by atoms with E-state index in [0.29, 0.717) is 17.5 Å². The Morgan fingerprint density at radius 2 is 2.11 bits per heavy atom. The molecule has 5 heteroatoms. The van der Waals surface area contributed by atoms with Gasteiger partial charge in [-0.25, -0.2) is 9.37 Å². The molecule has 4 nitrogen and oxygen atoms in total. The lowest BCUT2D eigenvalue weighted by atomic mass is 9.87. The predicted octanol–water partition coefficient (Wildman–Crippen LogP) is 5.62. The van der Waals surface area contributed by atoms with E-state index < -0.39 is 0 Å². The van der Waals surface area contributed by atoms with Crippen LogP contribution in [-0.4, -0.2) is 22.1 Å². The standard InChI is InChI=1S/C22H26FN3O/c1-5-12(2)19(14-6-7-14)22-25-17-8-9-24-20(21(17)26-22)15-11-16(23)18(27-4)10-13(15)3/h8-12,14,19H,5-7H2,1-4H3,(H,25,26). The number of H-pyrrole nitrogens is 1. The molecule has 3 aromatic rings. The second-order valence-corrected chi connectivity index (χ2v) is 7.73. The molecule has 2 aromatic heterocycles. The third-order valence-corrected chi connectivity index (χ3v) is 5.88. The maximum absolute atomic E-state index is 14.3. The Hall–Kier alpha value is -2.43. The number of aryl methyl sites for hydroxylation is 1. The van der Waals surface area contributed by atoms with Gasteiger partial charge in [-0.05, 0) is 55.4 Å². The monoisotopic (exact) mass is 367 g/mol. The van der Waals surface area contributed by atoms with Crippen LogP contribution < -0.4 is 4.74 Å². The van der Waals surface area contributed by atoms with Crippen molar-refractivity contribution in [2.45, 2.75) is 46.0 Å². The Morgan fingerprint density at radius 1 is 1.33 bits per heavy atom. The van der Waals surface area contributed by atoms with Crippen LogP contribution in [0, 0.1) is 24.6 Å². The van der Waals surface area contributed by atoms with Gasteiger partial charge in [0.1, 0.15) is 11.3 Å². The molecule has 0 saturated heterocycles. The molecule has 1 aliphatic rings. The third kappa shape index (κ3) is 3.20. The largest absolute Gasteiger partial charge is 0.494 e. The molecule has 0 aliphatic heterocycles. The topological polar surface area (TPSA) is 50.8 Å². The van der Waals surface area contributed by atoms with Gasteiger partial charge in [0, 0.05) is 17.7 Å². The van der Waals surface area contributed by atoms with Crippen molar-refractivity contribution >= 4 is 11.0 Å². The molecule has 0 bridgehead atoms. The van der Waals surface area contributed by atoms with Crippen LogP contribution in [-0.2, 0) is 0 Å². The summed E-state index contributed by atoms with van der Waals surface area (Å²) in [5, 5.41) is 0. The molecular weight excluding hydrogens is 341 g/mol. The smallest absolute Gasteiger partial charge is 0.165 e. The van der Waals surface area contributed by atoms with Gasteiger partial charge in [0.05, 0.1) is 18.3 Å². The molecule has 1 saturated carbocycles. The number of rotatable bonds is 6. The Kier molecular flexibility index (Phi) is 4.62. The lowest BCUT2D eigenvalue weighted by Gasteiger charge is -2.20. The van der Waals surface area contributed by atoms with Gasteiger partial charge in [0.2, 0.25) is 0 Å². The molecule has 1 aliphatic carbocycles. The molecule has 0 amide bonds. The summed E-state index contributed by atoms with van der Waals surface area (Å²) in [6, 6.07) is 5.16. The molecule has 1 aromatic carbocycles. The van der Waals surface area contributed by atoms with Crippen LogP contribution in [0.5, 0.6) is 5.75 Å². The number of fused-ring (bicyclic) bond motifs is 1. The van der Waals surface area contributed by atoms with E-state index in [1.165, 1.54) is 26.0 Å². The minimum absolute atomic E-state index is 0.247. The van der Waals surface area contributed by atoms with Crippen LogP contribution in [0.4, 0.5) is 4.39 Å². The maximum Gasteiger partial charge on any atom is 0.165 e. The van der Waals surface area contributed by atoms with E-state index in [-0.39, 0.29) is 11.6 Å². The highest BCUT2D eigenvalue weighted by atomic mass is 19.1. The number of nitrogens with one attached hydrogen (secondary N) is 1. The first-order valence-electron chi connectivity index (χ1n) is 9.72. The summed E-state index contributed by atoms with van der Waals surface area (Å²) in [7, 11) is 1.48. The van der Waals surface area contributed by atoms with E-state index in [2.05, 4.69) is 23.8 Å². The van der Waals surface area contributed by atoms with Gasteiger partial charge >= 0.3 is 0 Å². The summed E-state index contributed by atoms with van der Waals surface area (Å²) in [5.74, 6) is 2.65. The fourth-order valence-corrected chi connectivity index (χ4v) is 4.04. The molecule has 1 N–H and O–H groups in total. The number of hydrogen-bond donors (Lipinski definition) is 1. The Bertz CT molecular complexity index is 977. The van der Waals surface area contributed by atoms with Crippen molar-refractivity contribution in [3.63, 3.8) is 0 Å². The fraction of sp³-hybridized carbons (Fsp3) is 0.455.